The summed E-state index contributed by atoms with van der Waals surface area (Å²) in [7, 11) is 1.67. The number of carbonyl (C=O) groups is 1. The minimum atomic E-state index is -0.144. The van der Waals surface area contributed by atoms with Crippen molar-refractivity contribution in [1.82, 2.24) is 10.6 Å². The van der Waals surface area contributed by atoms with E-state index in [0.717, 1.165) is 12.8 Å². The van der Waals surface area contributed by atoms with E-state index >= 15 is 0 Å². The average molecular weight is 317 g/mol. The molecule has 1 amide bonds. The zero-order chi connectivity index (χ0) is 12.4. The van der Waals surface area contributed by atoms with Gasteiger partial charge in [-0.3, -0.25) is 10.1 Å². The molecule has 0 saturated heterocycles. The van der Waals surface area contributed by atoms with Crippen LogP contribution in [-0.2, 0) is 11.2 Å². The van der Waals surface area contributed by atoms with Crippen molar-refractivity contribution in [3.05, 3.63) is 20.3 Å². The van der Waals surface area contributed by atoms with E-state index < -0.39 is 0 Å². The van der Waals surface area contributed by atoms with Gasteiger partial charge < -0.3 is 5.32 Å². The molecule has 3 nitrogen and oxygen atoms in total. The molecule has 2 rings (SSSR count). The third-order valence-corrected chi connectivity index (χ3v) is 4.89. The Hall–Kier alpha value is -0.390. The van der Waals surface area contributed by atoms with E-state index in [4.69, 9.17) is 0 Å². The van der Waals surface area contributed by atoms with E-state index in [1.54, 1.807) is 7.05 Å². The van der Waals surface area contributed by atoms with Gasteiger partial charge in [0.1, 0.15) is 0 Å². The molecule has 0 bridgehead atoms. The monoisotopic (exact) mass is 316 g/mol. The summed E-state index contributed by atoms with van der Waals surface area (Å²) in [4.78, 5) is 13.0. The van der Waals surface area contributed by atoms with E-state index in [1.165, 1.54) is 20.6 Å². The zero-order valence-electron chi connectivity index (χ0n) is 10.0. The molecule has 0 radical (unpaired) electrons. The molecule has 0 aromatic carbocycles. The van der Waals surface area contributed by atoms with Crippen LogP contribution in [0.25, 0.3) is 0 Å². The highest BCUT2D eigenvalue weighted by atomic mass is 79.9. The number of nitrogens with one attached hydrogen (secondary N) is 2. The lowest BCUT2D eigenvalue weighted by Gasteiger charge is -2.26. The number of rotatable bonds is 3. The normalized spacial score (nSPS) is 20.8. The quantitative estimate of drug-likeness (QED) is 0.900. The highest BCUT2D eigenvalue weighted by Crippen LogP contribution is 2.38. The Bertz CT molecular complexity index is 419. The molecule has 1 aliphatic rings. The smallest absolute Gasteiger partial charge is 0.236 e. The number of fused-ring (bicyclic) bond motifs is 1. The van der Waals surface area contributed by atoms with Crippen LogP contribution in [0.1, 0.15) is 36.2 Å². The summed E-state index contributed by atoms with van der Waals surface area (Å²) in [5.41, 5.74) is 1.36. The van der Waals surface area contributed by atoms with Gasteiger partial charge in [-0.1, -0.05) is 0 Å². The van der Waals surface area contributed by atoms with Crippen molar-refractivity contribution in [3.8, 4) is 0 Å². The maximum absolute atomic E-state index is 11.5. The predicted octanol–water partition coefficient (Wildman–Crippen LogP) is 2.61. The lowest BCUT2D eigenvalue weighted by Crippen LogP contribution is -2.42. The summed E-state index contributed by atoms with van der Waals surface area (Å²) < 4.78 is 1.18. The lowest BCUT2D eigenvalue weighted by atomic mass is 9.93. The molecule has 2 atom stereocenters. The highest BCUT2D eigenvalue weighted by molar-refractivity contribution is 9.11. The van der Waals surface area contributed by atoms with Gasteiger partial charge in [-0.05, 0) is 53.7 Å². The molecule has 0 saturated carbocycles. The topological polar surface area (TPSA) is 41.1 Å². The van der Waals surface area contributed by atoms with Crippen LogP contribution in [0.3, 0.4) is 0 Å². The number of halogens is 1. The number of hydrogen-bond donors (Lipinski definition) is 2. The van der Waals surface area contributed by atoms with Crippen molar-refractivity contribution >= 4 is 33.2 Å². The minimum absolute atomic E-state index is 0.0476. The second-order valence-corrected chi connectivity index (χ2v) is 6.89. The SMILES string of the molecule is CNC(=O)C(C)NC1CCCc2sc(Br)cc21. The lowest BCUT2D eigenvalue weighted by molar-refractivity contribution is -0.122. The van der Waals surface area contributed by atoms with Gasteiger partial charge >= 0.3 is 0 Å². The fourth-order valence-electron chi connectivity index (χ4n) is 2.29. The van der Waals surface area contributed by atoms with Crippen molar-refractivity contribution in [2.75, 3.05) is 7.05 Å². The molecular formula is C12H17BrN2OS. The molecule has 2 N–H and O–H groups in total. The molecule has 1 aromatic rings. The number of amides is 1. The molecule has 5 heteroatoms. The molecule has 0 spiro atoms. The van der Waals surface area contributed by atoms with Gasteiger partial charge in [0.2, 0.25) is 5.91 Å². The van der Waals surface area contributed by atoms with Crippen LogP contribution < -0.4 is 10.6 Å². The Balaban J connectivity index is 2.10. The molecule has 17 heavy (non-hydrogen) atoms. The molecule has 1 aliphatic carbocycles. The number of aryl methyl sites for hydroxylation is 1. The van der Waals surface area contributed by atoms with Crippen LogP contribution >= 0.6 is 27.3 Å². The van der Waals surface area contributed by atoms with Gasteiger partial charge in [-0.2, -0.15) is 0 Å². The second kappa shape index (κ2) is 5.50. The van der Waals surface area contributed by atoms with Crippen molar-refractivity contribution in [2.45, 2.75) is 38.3 Å². The first kappa shape index (κ1) is 13.1. The summed E-state index contributed by atoms with van der Waals surface area (Å²) in [6.07, 6.45) is 3.47. The third-order valence-electron chi connectivity index (χ3n) is 3.17. The molecular weight excluding hydrogens is 300 g/mol. The van der Waals surface area contributed by atoms with Crippen LogP contribution in [0.15, 0.2) is 9.85 Å². The minimum Gasteiger partial charge on any atom is -0.358 e. The summed E-state index contributed by atoms with van der Waals surface area (Å²) in [6.45, 7) is 1.91. The molecule has 94 valence electrons. The fourth-order valence-corrected chi connectivity index (χ4v) is 4.11. The number of likely N-dealkylation sites (N-methyl/N-ethyl adjacent to an activating group) is 1. The Morgan fingerprint density at radius 2 is 2.41 bits per heavy atom. The highest BCUT2D eigenvalue weighted by Gasteiger charge is 2.25. The van der Waals surface area contributed by atoms with Crippen LogP contribution in [-0.4, -0.2) is 19.0 Å². The van der Waals surface area contributed by atoms with Crippen LogP contribution in [0.2, 0.25) is 0 Å². The van der Waals surface area contributed by atoms with Gasteiger partial charge in [0.15, 0.2) is 0 Å². The van der Waals surface area contributed by atoms with E-state index in [-0.39, 0.29) is 11.9 Å². The maximum Gasteiger partial charge on any atom is 0.236 e. The van der Waals surface area contributed by atoms with E-state index in [1.807, 2.05) is 18.3 Å². The molecule has 0 fully saturated rings. The predicted molar refractivity (Wildman–Crippen MR) is 74.4 cm³/mol. The summed E-state index contributed by atoms with van der Waals surface area (Å²) in [5.74, 6) is 0.0476. The van der Waals surface area contributed by atoms with E-state index in [2.05, 4.69) is 32.6 Å². The third kappa shape index (κ3) is 2.89. The molecule has 2 unspecified atom stereocenters. The van der Waals surface area contributed by atoms with Gasteiger partial charge in [0.05, 0.1) is 9.83 Å². The standard InChI is InChI=1S/C12H17BrN2OS/c1-7(12(16)14-2)15-9-4-3-5-10-8(9)6-11(13)17-10/h6-7,9,15H,3-5H2,1-2H3,(H,14,16). The summed E-state index contributed by atoms with van der Waals surface area (Å²) in [6, 6.07) is 2.36. The Labute approximate surface area is 114 Å². The van der Waals surface area contributed by atoms with E-state index in [9.17, 15) is 4.79 Å². The van der Waals surface area contributed by atoms with Gasteiger partial charge in [-0.15, -0.1) is 11.3 Å². The van der Waals surface area contributed by atoms with Crippen LogP contribution in [0, 0.1) is 0 Å². The Kier molecular flexibility index (Phi) is 4.22. The first-order valence-electron chi connectivity index (χ1n) is 5.87. The van der Waals surface area contributed by atoms with Gasteiger partial charge in [0.25, 0.3) is 0 Å². The Morgan fingerprint density at radius 1 is 1.65 bits per heavy atom. The fraction of sp³-hybridized carbons (Fsp3) is 0.583. The van der Waals surface area contributed by atoms with Gasteiger partial charge in [0, 0.05) is 18.0 Å². The van der Waals surface area contributed by atoms with E-state index in [0.29, 0.717) is 6.04 Å². The molecule has 0 aliphatic heterocycles. The van der Waals surface area contributed by atoms with Crippen molar-refractivity contribution in [3.63, 3.8) is 0 Å². The molecule has 1 heterocycles. The first-order chi connectivity index (χ1) is 8.11. The summed E-state index contributed by atoms with van der Waals surface area (Å²) in [5, 5.41) is 6.09. The molecule has 1 aromatic heterocycles. The Morgan fingerprint density at radius 3 is 3.12 bits per heavy atom. The average Bonchev–Trinajstić information content (AvgIpc) is 2.69. The van der Waals surface area contributed by atoms with Crippen LogP contribution in [0.4, 0.5) is 0 Å². The second-order valence-electron chi connectivity index (χ2n) is 4.38. The van der Waals surface area contributed by atoms with Crippen molar-refractivity contribution < 1.29 is 4.79 Å². The number of hydrogen-bond acceptors (Lipinski definition) is 3. The van der Waals surface area contributed by atoms with Crippen molar-refractivity contribution in [2.24, 2.45) is 0 Å². The number of thiophene rings is 1. The largest absolute Gasteiger partial charge is 0.358 e. The van der Waals surface area contributed by atoms with Crippen LogP contribution in [0.5, 0.6) is 0 Å². The number of carbonyl (C=O) groups excluding carboxylic acids is 1. The zero-order valence-corrected chi connectivity index (χ0v) is 12.5. The van der Waals surface area contributed by atoms with Gasteiger partial charge in [-0.25, -0.2) is 0 Å². The summed E-state index contributed by atoms with van der Waals surface area (Å²) >= 11 is 5.35. The first-order valence-corrected chi connectivity index (χ1v) is 7.48. The van der Waals surface area contributed by atoms with Crippen molar-refractivity contribution in [1.29, 1.82) is 0 Å². The maximum atomic E-state index is 11.5.